The van der Waals surface area contributed by atoms with Crippen LogP contribution in [-0.4, -0.2) is 59.9 Å². The van der Waals surface area contributed by atoms with Crippen molar-refractivity contribution in [3.05, 3.63) is 82.9 Å². The van der Waals surface area contributed by atoms with Gasteiger partial charge in [0.25, 0.3) is 5.91 Å². The number of fused-ring (bicyclic) bond motifs is 1. The summed E-state index contributed by atoms with van der Waals surface area (Å²) in [6, 6.07) is 20.6. The lowest BCUT2D eigenvalue weighted by atomic mass is 9.88. The van der Waals surface area contributed by atoms with E-state index in [2.05, 4.69) is 16.7 Å². The van der Waals surface area contributed by atoms with Crippen LogP contribution in [0.4, 0.5) is 11.4 Å². The largest absolute Gasteiger partial charge is 0.378 e. The van der Waals surface area contributed by atoms with Crippen LogP contribution in [0.5, 0.6) is 0 Å². The van der Waals surface area contributed by atoms with Gasteiger partial charge in [0.2, 0.25) is 5.91 Å². The minimum absolute atomic E-state index is 0. The molecule has 0 aromatic heterocycles. The SMILES string of the molecule is CC(=O)N1c2ccc(-c3ccc(C(=O)NCCC(=O)CCC(=O)CCC(=O)CCC(=O)CCC(=O)CCN)cc3)cc2[C@H](Nc2ccc(Cl)cc2)C[C@@H]1C.Cl. The van der Waals surface area contributed by atoms with Gasteiger partial charge in [-0.2, -0.15) is 0 Å². The van der Waals surface area contributed by atoms with E-state index in [4.69, 9.17) is 17.3 Å². The Hall–Kier alpha value is -4.71. The fraction of sp³-hybridized carbons (Fsp3) is 0.405. The molecular weight excluding hydrogens is 743 g/mol. The molecule has 0 bridgehead atoms. The molecule has 0 radical (unpaired) electrons. The normalized spacial score (nSPS) is 14.6. The number of nitrogens with one attached hydrogen (secondary N) is 2. The van der Waals surface area contributed by atoms with E-state index in [1.165, 1.54) is 0 Å². The topological polar surface area (TPSA) is 173 Å². The van der Waals surface area contributed by atoms with Crippen molar-refractivity contribution < 1.29 is 33.6 Å². The van der Waals surface area contributed by atoms with Gasteiger partial charge in [-0.25, -0.2) is 0 Å². The van der Waals surface area contributed by atoms with Crippen LogP contribution >= 0.6 is 24.0 Å². The second kappa shape index (κ2) is 22.0. The van der Waals surface area contributed by atoms with Gasteiger partial charge in [0.15, 0.2) is 0 Å². The molecule has 2 atom stereocenters. The number of Topliss-reactive ketones (excluding diaryl/α,β-unsaturated/α-hetero) is 5. The number of carbonyl (C=O) groups excluding carboxylic acids is 7. The van der Waals surface area contributed by atoms with Crippen LogP contribution < -0.4 is 21.3 Å². The second-order valence-electron chi connectivity index (χ2n) is 13.8. The lowest BCUT2D eigenvalue weighted by molar-refractivity contribution is -0.127. The van der Waals surface area contributed by atoms with E-state index in [1.54, 1.807) is 19.1 Å². The molecule has 0 saturated carbocycles. The molecule has 1 heterocycles. The van der Waals surface area contributed by atoms with Gasteiger partial charge in [-0.3, -0.25) is 33.6 Å². The predicted molar refractivity (Wildman–Crippen MR) is 217 cm³/mol. The highest BCUT2D eigenvalue weighted by atomic mass is 35.5. The van der Waals surface area contributed by atoms with Gasteiger partial charge in [-0.15, -0.1) is 12.4 Å². The van der Waals surface area contributed by atoms with E-state index >= 15 is 0 Å². The van der Waals surface area contributed by atoms with Crippen molar-refractivity contribution in [1.82, 2.24) is 5.32 Å². The minimum atomic E-state index is -0.326. The quantitative estimate of drug-likeness (QED) is 0.101. The summed E-state index contributed by atoms with van der Waals surface area (Å²) in [5.41, 5.74) is 10.4. The van der Waals surface area contributed by atoms with Crippen LogP contribution in [-0.2, 0) is 28.8 Å². The molecule has 0 fully saturated rings. The van der Waals surface area contributed by atoms with E-state index in [9.17, 15) is 33.6 Å². The molecule has 294 valence electrons. The number of anilines is 2. The number of nitrogens with two attached hydrogens (primary N) is 1. The number of carbonyl (C=O) groups is 7. The van der Waals surface area contributed by atoms with Gasteiger partial charge < -0.3 is 21.3 Å². The zero-order chi connectivity index (χ0) is 39.2. The molecule has 0 unspecified atom stereocenters. The molecular formula is C42H50Cl2N4O7. The van der Waals surface area contributed by atoms with Crippen molar-refractivity contribution in [2.24, 2.45) is 5.73 Å². The maximum absolute atomic E-state index is 12.8. The Labute approximate surface area is 333 Å². The van der Waals surface area contributed by atoms with E-state index in [1.807, 2.05) is 60.4 Å². The fourth-order valence-corrected chi connectivity index (χ4v) is 6.67. The summed E-state index contributed by atoms with van der Waals surface area (Å²) in [5.74, 6) is -1.19. The third kappa shape index (κ3) is 13.8. The fourth-order valence-electron chi connectivity index (χ4n) is 6.54. The maximum Gasteiger partial charge on any atom is 0.251 e. The van der Waals surface area contributed by atoms with E-state index in [-0.39, 0.29) is 143 Å². The van der Waals surface area contributed by atoms with E-state index in [0.717, 1.165) is 28.1 Å². The Kier molecular flexibility index (Phi) is 17.9. The number of amides is 2. The Morgan fingerprint density at radius 2 is 1.18 bits per heavy atom. The molecule has 3 aromatic carbocycles. The van der Waals surface area contributed by atoms with Crippen LogP contribution in [0.1, 0.15) is 106 Å². The minimum Gasteiger partial charge on any atom is -0.378 e. The molecule has 55 heavy (non-hydrogen) atoms. The highest BCUT2D eigenvalue weighted by Crippen LogP contribution is 2.41. The molecule has 0 spiro atoms. The summed E-state index contributed by atoms with van der Waals surface area (Å²) < 4.78 is 0. The predicted octanol–water partition coefficient (Wildman–Crippen LogP) is 7.16. The van der Waals surface area contributed by atoms with Crippen LogP contribution in [0.25, 0.3) is 11.1 Å². The van der Waals surface area contributed by atoms with E-state index in [0.29, 0.717) is 17.0 Å². The van der Waals surface area contributed by atoms with Crippen LogP contribution in [0, 0.1) is 0 Å². The number of nitrogens with zero attached hydrogens (tertiary/aromatic N) is 1. The van der Waals surface area contributed by atoms with Crippen molar-refractivity contribution in [2.75, 3.05) is 23.3 Å². The van der Waals surface area contributed by atoms with Gasteiger partial charge >= 0.3 is 0 Å². The molecule has 2 amide bonds. The van der Waals surface area contributed by atoms with Crippen LogP contribution in [0.15, 0.2) is 66.7 Å². The van der Waals surface area contributed by atoms with Crippen molar-refractivity contribution in [3.8, 4) is 11.1 Å². The van der Waals surface area contributed by atoms with Gasteiger partial charge in [0.05, 0.1) is 6.04 Å². The van der Waals surface area contributed by atoms with Crippen molar-refractivity contribution >= 4 is 76.1 Å². The Morgan fingerprint density at radius 1 is 0.691 bits per heavy atom. The number of ketones is 5. The molecule has 1 aliphatic heterocycles. The summed E-state index contributed by atoms with van der Waals surface area (Å²) in [7, 11) is 0. The maximum atomic E-state index is 12.8. The van der Waals surface area contributed by atoms with Crippen LogP contribution in [0.3, 0.4) is 0 Å². The zero-order valence-corrected chi connectivity index (χ0v) is 32.9. The molecule has 13 heteroatoms. The number of hydrogen-bond acceptors (Lipinski definition) is 9. The number of benzene rings is 3. The summed E-state index contributed by atoms with van der Waals surface area (Å²) >= 11 is 6.09. The lowest BCUT2D eigenvalue weighted by Crippen LogP contribution is -2.43. The van der Waals surface area contributed by atoms with Crippen LogP contribution in [0.2, 0.25) is 5.02 Å². The van der Waals surface area contributed by atoms with Gasteiger partial charge in [-0.05, 0) is 85.1 Å². The molecule has 4 rings (SSSR count). The molecule has 4 N–H and O–H groups in total. The summed E-state index contributed by atoms with van der Waals surface area (Å²) in [6.07, 6.45) is 1.34. The standard InChI is InChI=1S/C42H49ClN4O7.ClH/c1-27-25-40(46-33-10-8-32(43)9-11-33)39-26-31(7-20-41(39)47(27)28(2)48)29-3-5-30(6-4-29)42(54)45-24-22-38(53)19-17-36(51)15-13-34(49)12-14-35(50)16-18-37(52)21-23-44;/h3-11,20,26-27,40,46H,12-19,21-25,44H2,1-2H3,(H,45,54);1H/t27-,40+;/m0./s1. The summed E-state index contributed by atoms with van der Waals surface area (Å²) in [5, 5.41) is 7.01. The first-order valence-corrected chi connectivity index (χ1v) is 18.9. The average Bonchev–Trinajstić information content (AvgIpc) is 3.15. The highest BCUT2D eigenvalue weighted by Gasteiger charge is 2.32. The van der Waals surface area contributed by atoms with Gasteiger partial charge in [0, 0.05) is 106 Å². The second-order valence-corrected chi connectivity index (χ2v) is 14.2. The van der Waals surface area contributed by atoms with Crippen molar-refractivity contribution in [2.45, 2.75) is 96.6 Å². The van der Waals surface area contributed by atoms with Gasteiger partial charge in [-0.1, -0.05) is 29.8 Å². The number of halogens is 2. The number of hydrogen-bond donors (Lipinski definition) is 3. The molecule has 3 aromatic rings. The molecule has 11 nitrogen and oxygen atoms in total. The highest BCUT2D eigenvalue weighted by molar-refractivity contribution is 6.30. The first kappa shape index (κ1) is 44.7. The Bertz CT molecular complexity index is 1850. The van der Waals surface area contributed by atoms with E-state index < -0.39 is 0 Å². The summed E-state index contributed by atoms with van der Waals surface area (Å²) in [4.78, 5) is 87.4. The molecule has 0 aliphatic carbocycles. The third-order valence-corrected chi connectivity index (χ3v) is 9.78. The first-order valence-electron chi connectivity index (χ1n) is 18.5. The Balaban J connectivity index is 0.00000812. The van der Waals surface area contributed by atoms with Crippen molar-refractivity contribution in [1.29, 1.82) is 0 Å². The lowest BCUT2D eigenvalue weighted by Gasteiger charge is -2.39. The smallest absolute Gasteiger partial charge is 0.251 e. The molecule has 1 aliphatic rings. The number of rotatable bonds is 21. The van der Waals surface area contributed by atoms with Gasteiger partial charge in [0.1, 0.15) is 28.9 Å². The Morgan fingerprint density at radius 3 is 1.69 bits per heavy atom. The molecule has 0 saturated heterocycles. The average molecular weight is 794 g/mol. The van der Waals surface area contributed by atoms with Crippen molar-refractivity contribution in [3.63, 3.8) is 0 Å². The monoisotopic (exact) mass is 792 g/mol. The zero-order valence-electron chi connectivity index (χ0n) is 31.4. The third-order valence-electron chi connectivity index (χ3n) is 9.53. The first-order chi connectivity index (χ1) is 25.8. The summed E-state index contributed by atoms with van der Waals surface area (Å²) in [6.45, 7) is 3.98.